The van der Waals surface area contributed by atoms with Crippen LogP contribution in [-0.2, 0) is 9.59 Å². The van der Waals surface area contributed by atoms with Gasteiger partial charge in [-0.3, -0.25) is 9.59 Å². The van der Waals surface area contributed by atoms with E-state index in [1.54, 1.807) is 0 Å². The minimum absolute atomic E-state index is 0.0695. The molecule has 2 amide bonds. The first kappa shape index (κ1) is 12.9. The van der Waals surface area contributed by atoms with Gasteiger partial charge in [-0.05, 0) is 19.8 Å². The van der Waals surface area contributed by atoms with Gasteiger partial charge in [-0.15, -0.1) is 0 Å². The van der Waals surface area contributed by atoms with E-state index in [0.717, 1.165) is 6.42 Å². The summed E-state index contributed by atoms with van der Waals surface area (Å²) < 4.78 is 0. The second-order valence-electron chi connectivity index (χ2n) is 3.51. The van der Waals surface area contributed by atoms with Crippen molar-refractivity contribution < 1.29 is 9.59 Å². The molecule has 0 aromatic heterocycles. The third-order valence-electron chi connectivity index (χ3n) is 1.67. The molecule has 0 spiro atoms. The summed E-state index contributed by atoms with van der Waals surface area (Å²) in [5.74, 6) is -0.318. The normalized spacial score (nSPS) is 12.4. The number of carbonyl (C=O) groups is 2. The van der Waals surface area contributed by atoms with Crippen LogP contribution in [0, 0.1) is 0 Å². The van der Waals surface area contributed by atoms with Gasteiger partial charge in [0.05, 0.1) is 0 Å². The van der Waals surface area contributed by atoms with Crippen molar-refractivity contribution in [2.75, 3.05) is 0 Å². The molecule has 0 heterocycles. The van der Waals surface area contributed by atoms with E-state index >= 15 is 0 Å². The molecule has 0 bridgehead atoms. The SMILES string of the molecule is CC(=O)NC(CCC(C)N)NC(C)=O. The van der Waals surface area contributed by atoms with E-state index in [1.807, 2.05) is 6.92 Å². The molecule has 0 aliphatic rings. The quantitative estimate of drug-likeness (QED) is 0.534. The summed E-state index contributed by atoms with van der Waals surface area (Å²) in [4.78, 5) is 21.6. The first-order chi connectivity index (χ1) is 6.41. The van der Waals surface area contributed by atoms with Crippen LogP contribution in [0.15, 0.2) is 0 Å². The summed E-state index contributed by atoms with van der Waals surface area (Å²) in [5, 5.41) is 5.28. The maximum absolute atomic E-state index is 10.8. The maximum atomic E-state index is 10.8. The van der Waals surface area contributed by atoms with Crippen LogP contribution in [0.25, 0.3) is 0 Å². The lowest BCUT2D eigenvalue weighted by molar-refractivity contribution is -0.122. The number of amides is 2. The van der Waals surface area contributed by atoms with Gasteiger partial charge in [-0.1, -0.05) is 0 Å². The van der Waals surface area contributed by atoms with Crippen molar-refractivity contribution in [2.45, 2.75) is 45.8 Å². The molecule has 1 unspecified atom stereocenters. The van der Waals surface area contributed by atoms with Crippen molar-refractivity contribution in [3.8, 4) is 0 Å². The molecule has 0 rings (SSSR count). The van der Waals surface area contributed by atoms with E-state index < -0.39 is 0 Å². The minimum Gasteiger partial charge on any atom is -0.336 e. The Labute approximate surface area is 84.4 Å². The first-order valence-electron chi connectivity index (χ1n) is 4.71. The van der Waals surface area contributed by atoms with Crippen molar-refractivity contribution in [3.05, 3.63) is 0 Å². The van der Waals surface area contributed by atoms with Crippen LogP contribution in [0.5, 0.6) is 0 Å². The lowest BCUT2D eigenvalue weighted by atomic mass is 10.1. The average Bonchev–Trinajstić information content (AvgIpc) is 1.97. The highest BCUT2D eigenvalue weighted by Crippen LogP contribution is 1.97. The number of hydrogen-bond donors (Lipinski definition) is 3. The first-order valence-corrected chi connectivity index (χ1v) is 4.71. The number of carbonyl (C=O) groups excluding carboxylic acids is 2. The van der Waals surface area contributed by atoms with E-state index in [-0.39, 0.29) is 24.0 Å². The second kappa shape index (κ2) is 6.37. The molecule has 82 valence electrons. The Balaban J connectivity index is 3.96. The smallest absolute Gasteiger partial charge is 0.218 e. The maximum Gasteiger partial charge on any atom is 0.218 e. The summed E-state index contributed by atoms with van der Waals surface area (Å²) in [5.41, 5.74) is 5.58. The molecule has 0 aromatic rings. The largest absolute Gasteiger partial charge is 0.336 e. The van der Waals surface area contributed by atoms with Gasteiger partial charge in [-0.2, -0.15) is 0 Å². The van der Waals surface area contributed by atoms with Crippen molar-refractivity contribution in [2.24, 2.45) is 5.73 Å². The van der Waals surface area contributed by atoms with Crippen LogP contribution in [0.4, 0.5) is 0 Å². The summed E-state index contributed by atoms with van der Waals surface area (Å²) in [6.07, 6.45) is 1.10. The van der Waals surface area contributed by atoms with Crippen molar-refractivity contribution in [3.63, 3.8) is 0 Å². The van der Waals surface area contributed by atoms with Crippen molar-refractivity contribution in [1.82, 2.24) is 10.6 Å². The van der Waals surface area contributed by atoms with Crippen LogP contribution in [-0.4, -0.2) is 24.0 Å². The Kier molecular flexibility index (Phi) is 5.87. The molecule has 0 saturated heterocycles. The zero-order valence-corrected chi connectivity index (χ0v) is 8.96. The highest BCUT2D eigenvalue weighted by molar-refractivity contribution is 5.76. The predicted molar refractivity (Wildman–Crippen MR) is 54.3 cm³/mol. The van der Waals surface area contributed by atoms with Crippen LogP contribution in [0.3, 0.4) is 0 Å². The summed E-state index contributed by atoms with van der Waals surface area (Å²) in [6, 6.07) is 0.0695. The Morgan fingerprint density at radius 1 is 1.14 bits per heavy atom. The van der Waals surface area contributed by atoms with Gasteiger partial charge in [0, 0.05) is 19.9 Å². The van der Waals surface area contributed by atoms with E-state index in [0.29, 0.717) is 6.42 Å². The Morgan fingerprint density at radius 3 is 1.86 bits per heavy atom. The summed E-state index contributed by atoms with van der Waals surface area (Å²) in [6.45, 7) is 4.72. The number of rotatable bonds is 5. The molecule has 1 atom stereocenters. The highest BCUT2D eigenvalue weighted by Gasteiger charge is 2.11. The number of hydrogen-bond acceptors (Lipinski definition) is 3. The molecule has 4 N–H and O–H groups in total. The summed E-state index contributed by atoms with van der Waals surface area (Å²) >= 11 is 0. The molecule has 0 radical (unpaired) electrons. The summed E-state index contributed by atoms with van der Waals surface area (Å²) in [7, 11) is 0. The predicted octanol–water partition coefficient (Wildman–Crippen LogP) is -0.288. The lowest BCUT2D eigenvalue weighted by Crippen LogP contribution is -2.47. The molecule has 0 aliphatic heterocycles. The molecule has 5 heteroatoms. The third kappa shape index (κ3) is 7.54. The monoisotopic (exact) mass is 201 g/mol. The highest BCUT2D eigenvalue weighted by atomic mass is 16.2. The minimum atomic E-state index is -0.309. The number of nitrogens with one attached hydrogen (secondary N) is 2. The van der Waals surface area contributed by atoms with Crippen LogP contribution < -0.4 is 16.4 Å². The number of nitrogens with two attached hydrogens (primary N) is 1. The van der Waals surface area contributed by atoms with Crippen molar-refractivity contribution >= 4 is 11.8 Å². The zero-order chi connectivity index (χ0) is 11.1. The molecule has 5 nitrogen and oxygen atoms in total. The van der Waals surface area contributed by atoms with Crippen molar-refractivity contribution in [1.29, 1.82) is 0 Å². The second-order valence-corrected chi connectivity index (χ2v) is 3.51. The van der Waals surface area contributed by atoms with E-state index in [9.17, 15) is 9.59 Å². The third-order valence-corrected chi connectivity index (χ3v) is 1.67. The molecular weight excluding hydrogens is 182 g/mol. The van der Waals surface area contributed by atoms with Gasteiger partial charge in [0.25, 0.3) is 0 Å². The average molecular weight is 201 g/mol. The Hall–Kier alpha value is -1.10. The van der Waals surface area contributed by atoms with Gasteiger partial charge in [-0.25, -0.2) is 0 Å². The van der Waals surface area contributed by atoms with Gasteiger partial charge >= 0.3 is 0 Å². The molecule has 14 heavy (non-hydrogen) atoms. The Morgan fingerprint density at radius 2 is 1.57 bits per heavy atom. The molecule has 0 aromatic carbocycles. The molecule has 0 saturated carbocycles. The molecule has 0 fully saturated rings. The van der Waals surface area contributed by atoms with Gasteiger partial charge < -0.3 is 16.4 Å². The van der Waals surface area contributed by atoms with E-state index in [2.05, 4.69) is 10.6 Å². The molecule has 0 aliphatic carbocycles. The fourth-order valence-corrected chi connectivity index (χ4v) is 1.10. The molecular formula is C9H19N3O2. The van der Waals surface area contributed by atoms with Crippen LogP contribution in [0.1, 0.15) is 33.6 Å². The van der Waals surface area contributed by atoms with E-state index in [1.165, 1.54) is 13.8 Å². The zero-order valence-electron chi connectivity index (χ0n) is 8.96. The Bertz CT molecular complexity index is 188. The van der Waals surface area contributed by atoms with Gasteiger partial charge in [0.1, 0.15) is 6.17 Å². The fourth-order valence-electron chi connectivity index (χ4n) is 1.10. The standard InChI is InChI=1S/C9H19N3O2/c1-6(10)4-5-9(11-7(2)13)12-8(3)14/h6,9H,4-5,10H2,1-3H3,(H,11,13)(H,12,14). The van der Waals surface area contributed by atoms with Crippen LogP contribution in [0.2, 0.25) is 0 Å². The topological polar surface area (TPSA) is 84.2 Å². The van der Waals surface area contributed by atoms with Crippen LogP contribution >= 0.6 is 0 Å². The lowest BCUT2D eigenvalue weighted by Gasteiger charge is -2.19. The van der Waals surface area contributed by atoms with Gasteiger partial charge in [0.15, 0.2) is 0 Å². The fraction of sp³-hybridized carbons (Fsp3) is 0.778. The van der Waals surface area contributed by atoms with Gasteiger partial charge in [0.2, 0.25) is 11.8 Å². The van der Waals surface area contributed by atoms with E-state index in [4.69, 9.17) is 5.73 Å².